The van der Waals surface area contributed by atoms with Gasteiger partial charge in [-0.2, -0.15) is 0 Å². The maximum atomic E-state index is 11.9. The minimum absolute atomic E-state index is 0.160. The standard InChI is InChI=1S/C13H12N2O2S2/c1-9(16)15(10-6-4-3-5-7-10)8-11-12(17)14(2)13(18)19-11/h3-8H,1-2H3. The number of nitrogens with zero attached hydrogens (tertiary/aromatic N) is 2. The third-order valence-corrected chi connectivity index (χ3v) is 4.08. The molecule has 1 heterocycles. The number of hydrogen-bond acceptors (Lipinski definition) is 4. The van der Waals surface area contributed by atoms with Gasteiger partial charge in [0.2, 0.25) is 5.91 Å². The maximum Gasteiger partial charge on any atom is 0.267 e. The Morgan fingerprint density at radius 1 is 1.37 bits per heavy atom. The van der Waals surface area contributed by atoms with E-state index in [0.29, 0.717) is 9.23 Å². The van der Waals surface area contributed by atoms with Crippen molar-refractivity contribution < 1.29 is 9.59 Å². The predicted molar refractivity (Wildman–Crippen MR) is 80.6 cm³/mol. The van der Waals surface area contributed by atoms with Gasteiger partial charge in [0.15, 0.2) is 0 Å². The number of carbonyl (C=O) groups excluding carboxylic acids is 2. The Morgan fingerprint density at radius 3 is 2.47 bits per heavy atom. The van der Waals surface area contributed by atoms with E-state index >= 15 is 0 Å². The van der Waals surface area contributed by atoms with Crippen molar-refractivity contribution >= 4 is 45.8 Å². The molecule has 2 amide bonds. The van der Waals surface area contributed by atoms with Crippen LogP contribution in [0.4, 0.5) is 5.69 Å². The fraction of sp³-hybridized carbons (Fsp3) is 0.154. The Bertz CT molecular complexity index is 569. The van der Waals surface area contributed by atoms with Gasteiger partial charge in [0.05, 0.1) is 4.91 Å². The second kappa shape index (κ2) is 5.54. The van der Waals surface area contributed by atoms with Gasteiger partial charge >= 0.3 is 0 Å². The Hall–Kier alpha value is -1.66. The summed E-state index contributed by atoms with van der Waals surface area (Å²) < 4.78 is 0.493. The van der Waals surface area contributed by atoms with Gasteiger partial charge in [0.25, 0.3) is 5.91 Å². The molecule has 1 aliphatic heterocycles. The van der Waals surface area contributed by atoms with Gasteiger partial charge in [-0.3, -0.25) is 19.4 Å². The van der Waals surface area contributed by atoms with E-state index in [0.717, 1.165) is 5.69 Å². The van der Waals surface area contributed by atoms with Gasteiger partial charge in [0, 0.05) is 25.9 Å². The van der Waals surface area contributed by atoms with Gasteiger partial charge in [-0.15, -0.1) is 0 Å². The zero-order valence-electron chi connectivity index (χ0n) is 10.5. The Balaban J connectivity index is 2.35. The van der Waals surface area contributed by atoms with E-state index in [2.05, 4.69) is 0 Å². The normalized spacial score (nSPS) is 17.2. The van der Waals surface area contributed by atoms with E-state index in [1.54, 1.807) is 13.2 Å². The van der Waals surface area contributed by atoms with Crippen LogP contribution in [0, 0.1) is 0 Å². The molecule has 2 rings (SSSR count). The minimum Gasteiger partial charge on any atom is -0.296 e. The first kappa shape index (κ1) is 13.8. The predicted octanol–water partition coefficient (Wildman–Crippen LogP) is 2.37. The highest BCUT2D eigenvalue weighted by molar-refractivity contribution is 8.26. The lowest BCUT2D eigenvalue weighted by Crippen LogP contribution is -2.25. The number of rotatable bonds is 2. The molecule has 0 bridgehead atoms. The van der Waals surface area contributed by atoms with E-state index < -0.39 is 0 Å². The van der Waals surface area contributed by atoms with Crippen LogP contribution in [-0.4, -0.2) is 28.1 Å². The van der Waals surface area contributed by atoms with Gasteiger partial charge in [-0.1, -0.05) is 42.2 Å². The van der Waals surface area contributed by atoms with Crippen LogP contribution in [0.1, 0.15) is 6.92 Å². The van der Waals surface area contributed by atoms with E-state index in [4.69, 9.17) is 12.2 Å². The molecular formula is C13H12N2O2S2. The summed E-state index contributed by atoms with van der Waals surface area (Å²) in [5.41, 5.74) is 0.719. The molecule has 0 N–H and O–H groups in total. The van der Waals surface area contributed by atoms with Crippen LogP contribution in [0.5, 0.6) is 0 Å². The number of likely N-dealkylation sites (N-methyl/N-ethyl adjacent to an activating group) is 1. The molecular weight excluding hydrogens is 280 g/mol. The van der Waals surface area contributed by atoms with Crippen molar-refractivity contribution in [2.75, 3.05) is 11.9 Å². The zero-order chi connectivity index (χ0) is 14.0. The molecule has 1 aliphatic rings. The van der Waals surface area contributed by atoms with Crippen molar-refractivity contribution in [3.05, 3.63) is 41.4 Å². The number of carbonyl (C=O) groups is 2. The largest absolute Gasteiger partial charge is 0.296 e. The fourth-order valence-electron chi connectivity index (χ4n) is 1.59. The van der Waals surface area contributed by atoms with Crippen LogP contribution < -0.4 is 4.90 Å². The molecule has 0 aliphatic carbocycles. The highest BCUT2D eigenvalue weighted by Gasteiger charge is 2.30. The highest BCUT2D eigenvalue weighted by atomic mass is 32.2. The number of hydrogen-bond donors (Lipinski definition) is 0. The van der Waals surface area contributed by atoms with Crippen LogP contribution in [-0.2, 0) is 9.59 Å². The van der Waals surface area contributed by atoms with Crippen LogP contribution in [0.25, 0.3) is 0 Å². The topological polar surface area (TPSA) is 40.6 Å². The molecule has 6 heteroatoms. The van der Waals surface area contributed by atoms with Crippen molar-refractivity contribution in [3.8, 4) is 0 Å². The Morgan fingerprint density at radius 2 is 2.00 bits per heavy atom. The number of para-hydroxylation sites is 1. The lowest BCUT2D eigenvalue weighted by molar-refractivity contribution is -0.121. The minimum atomic E-state index is -0.183. The summed E-state index contributed by atoms with van der Waals surface area (Å²) in [7, 11) is 1.62. The molecule has 0 aromatic heterocycles. The summed E-state index contributed by atoms with van der Waals surface area (Å²) >= 11 is 6.25. The van der Waals surface area contributed by atoms with Crippen LogP contribution in [0.2, 0.25) is 0 Å². The van der Waals surface area contributed by atoms with E-state index in [-0.39, 0.29) is 11.8 Å². The first-order chi connectivity index (χ1) is 9.00. The molecule has 0 saturated carbocycles. The zero-order valence-corrected chi connectivity index (χ0v) is 12.1. The number of thioether (sulfide) groups is 1. The summed E-state index contributed by atoms with van der Waals surface area (Å²) in [5, 5.41) is 0. The lowest BCUT2D eigenvalue weighted by atomic mass is 10.3. The molecule has 1 aromatic carbocycles. The van der Waals surface area contributed by atoms with Crippen molar-refractivity contribution in [1.29, 1.82) is 0 Å². The van der Waals surface area contributed by atoms with Gasteiger partial charge in [-0.25, -0.2) is 0 Å². The maximum absolute atomic E-state index is 11.9. The second-order valence-corrected chi connectivity index (χ2v) is 5.63. The quantitative estimate of drug-likeness (QED) is 0.620. The third-order valence-electron chi connectivity index (χ3n) is 2.61. The van der Waals surface area contributed by atoms with Crippen LogP contribution in [0.15, 0.2) is 41.4 Å². The Kier molecular flexibility index (Phi) is 4.01. The van der Waals surface area contributed by atoms with Crippen molar-refractivity contribution in [2.24, 2.45) is 0 Å². The molecule has 4 nitrogen and oxygen atoms in total. The fourth-order valence-corrected chi connectivity index (χ4v) is 2.73. The van der Waals surface area contributed by atoms with Crippen LogP contribution >= 0.6 is 24.0 Å². The molecule has 98 valence electrons. The Labute approximate surface area is 121 Å². The molecule has 1 fully saturated rings. The monoisotopic (exact) mass is 292 g/mol. The smallest absolute Gasteiger partial charge is 0.267 e. The van der Waals surface area contributed by atoms with Crippen LogP contribution in [0.3, 0.4) is 0 Å². The number of amides is 2. The molecule has 0 spiro atoms. The van der Waals surface area contributed by atoms with E-state index in [9.17, 15) is 9.59 Å². The summed E-state index contributed by atoms with van der Waals surface area (Å²) in [6, 6.07) is 9.16. The highest BCUT2D eigenvalue weighted by Crippen LogP contribution is 2.30. The van der Waals surface area contributed by atoms with Crippen molar-refractivity contribution in [1.82, 2.24) is 4.90 Å². The van der Waals surface area contributed by atoms with Crippen molar-refractivity contribution in [3.63, 3.8) is 0 Å². The summed E-state index contributed by atoms with van der Waals surface area (Å²) in [6.07, 6.45) is 1.54. The summed E-state index contributed by atoms with van der Waals surface area (Å²) in [4.78, 5) is 26.9. The molecule has 19 heavy (non-hydrogen) atoms. The van der Waals surface area contributed by atoms with Gasteiger partial charge < -0.3 is 0 Å². The number of anilines is 1. The van der Waals surface area contributed by atoms with E-state index in [1.165, 1.54) is 28.5 Å². The average molecular weight is 292 g/mol. The summed E-state index contributed by atoms with van der Waals surface area (Å²) in [6.45, 7) is 1.45. The average Bonchev–Trinajstić information content (AvgIpc) is 2.64. The van der Waals surface area contributed by atoms with Gasteiger partial charge in [-0.05, 0) is 12.1 Å². The SMILES string of the molecule is CC(=O)N(C=C1SC(=S)N(C)C1=O)c1ccccc1. The lowest BCUT2D eigenvalue weighted by Gasteiger charge is -2.16. The first-order valence-corrected chi connectivity index (χ1v) is 6.79. The number of benzene rings is 1. The molecule has 0 radical (unpaired) electrons. The second-order valence-electron chi connectivity index (χ2n) is 3.95. The molecule has 0 atom stereocenters. The first-order valence-electron chi connectivity index (χ1n) is 5.57. The third kappa shape index (κ3) is 2.85. The molecule has 0 unspecified atom stereocenters. The number of thiocarbonyl (C=S) groups is 1. The van der Waals surface area contributed by atoms with Gasteiger partial charge in [0.1, 0.15) is 4.32 Å². The molecule has 1 aromatic rings. The molecule has 1 saturated heterocycles. The van der Waals surface area contributed by atoms with E-state index in [1.807, 2.05) is 30.3 Å². The summed E-state index contributed by atoms with van der Waals surface area (Å²) in [5.74, 6) is -0.343. The van der Waals surface area contributed by atoms with Crippen molar-refractivity contribution in [2.45, 2.75) is 6.92 Å².